The number of benzene rings is 1. The number of nitrogens with zero attached hydrogens (tertiary/aromatic N) is 2. The number of aryl methyl sites for hydroxylation is 1. The van der Waals surface area contributed by atoms with Crippen LogP contribution in [0.15, 0.2) is 23.1 Å². The molecule has 1 aromatic carbocycles. The van der Waals surface area contributed by atoms with E-state index >= 15 is 0 Å². The Morgan fingerprint density at radius 1 is 1.38 bits per heavy atom. The molecule has 0 saturated carbocycles. The SMILES string of the molecule is Cc1ccc(CN(C)C)c2[nH]c(=O)ncc12. The zero-order valence-corrected chi connectivity index (χ0v) is 9.74. The van der Waals surface area contributed by atoms with Crippen LogP contribution in [0, 0.1) is 6.92 Å². The third kappa shape index (κ3) is 1.97. The van der Waals surface area contributed by atoms with Crippen LogP contribution in [0.25, 0.3) is 10.9 Å². The Kier molecular flexibility index (Phi) is 2.75. The highest BCUT2D eigenvalue weighted by Crippen LogP contribution is 2.19. The van der Waals surface area contributed by atoms with Gasteiger partial charge in [0.25, 0.3) is 0 Å². The zero-order valence-electron chi connectivity index (χ0n) is 9.74. The Labute approximate surface area is 93.9 Å². The second-order valence-electron chi connectivity index (χ2n) is 4.26. The van der Waals surface area contributed by atoms with Gasteiger partial charge in [0, 0.05) is 18.1 Å². The smallest absolute Gasteiger partial charge is 0.305 e. The number of nitrogens with one attached hydrogen (secondary N) is 1. The summed E-state index contributed by atoms with van der Waals surface area (Å²) in [6.45, 7) is 2.82. The maximum Gasteiger partial charge on any atom is 0.345 e. The van der Waals surface area contributed by atoms with E-state index in [2.05, 4.69) is 20.9 Å². The molecule has 0 bridgehead atoms. The molecule has 0 radical (unpaired) electrons. The highest BCUT2D eigenvalue weighted by atomic mass is 16.1. The summed E-state index contributed by atoms with van der Waals surface area (Å²) in [6, 6.07) is 4.11. The summed E-state index contributed by atoms with van der Waals surface area (Å²) in [5.74, 6) is 0. The van der Waals surface area contributed by atoms with Gasteiger partial charge < -0.3 is 9.88 Å². The molecule has 0 amide bonds. The lowest BCUT2D eigenvalue weighted by Gasteiger charge is -2.12. The van der Waals surface area contributed by atoms with Crippen molar-refractivity contribution in [2.75, 3.05) is 14.1 Å². The molecule has 0 aliphatic heterocycles. The van der Waals surface area contributed by atoms with Crippen molar-refractivity contribution in [2.45, 2.75) is 13.5 Å². The van der Waals surface area contributed by atoms with E-state index < -0.39 is 0 Å². The van der Waals surface area contributed by atoms with E-state index in [0.29, 0.717) is 0 Å². The van der Waals surface area contributed by atoms with Gasteiger partial charge >= 0.3 is 5.69 Å². The molecule has 4 nitrogen and oxygen atoms in total. The first-order valence-electron chi connectivity index (χ1n) is 5.20. The molecule has 0 unspecified atom stereocenters. The van der Waals surface area contributed by atoms with Gasteiger partial charge in [-0.3, -0.25) is 0 Å². The lowest BCUT2D eigenvalue weighted by Crippen LogP contribution is -2.14. The molecular weight excluding hydrogens is 202 g/mol. The first-order chi connectivity index (χ1) is 7.58. The molecule has 2 rings (SSSR count). The highest BCUT2D eigenvalue weighted by Gasteiger charge is 2.05. The number of rotatable bonds is 2. The predicted octanol–water partition coefficient (Wildman–Crippen LogP) is 1.29. The molecule has 0 saturated heterocycles. The number of aromatic amines is 1. The number of aromatic nitrogens is 2. The first-order valence-corrected chi connectivity index (χ1v) is 5.20. The number of fused-ring (bicyclic) bond motifs is 1. The fourth-order valence-corrected chi connectivity index (χ4v) is 1.82. The van der Waals surface area contributed by atoms with Crippen LogP contribution < -0.4 is 5.69 Å². The van der Waals surface area contributed by atoms with Crippen molar-refractivity contribution in [1.82, 2.24) is 14.9 Å². The van der Waals surface area contributed by atoms with Gasteiger partial charge in [0.1, 0.15) is 0 Å². The molecule has 1 heterocycles. The van der Waals surface area contributed by atoms with Crippen molar-refractivity contribution in [3.63, 3.8) is 0 Å². The second kappa shape index (κ2) is 4.06. The van der Waals surface area contributed by atoms with Crippen LogP contribution in [0.4, 0.5) is 0 Å². The van der Waals surface area contributed by atoms with E-state index in [9.17, 15) is 4.79 Å². The maximum atomic E-state index is 11.3. The minimum absolute atomic E-state index is 0.293. The molecule has 1 aromatic heterocycles. The minimum atomic E-state index is -0.293. The van der Waals surface area contributed by atoms with Crippen LogP contribution >= 0.6 is 0 Å². The van der Waals surface area contributed by atoms with E-state index in [4.69, 9.17) is 0 Å². The molecule has 16 heavy (non-hydrogen) atoms. The minimum Gasteiger partial charge on any atom is -0.305 e. The standard InChI is InChI=1S/C12H15N3O/c1-8-4-5-9(7-15(2)3)11-10(8)6-13-12(16)14-11/h4-6H,7H2,1-3H3,(H,13,14,16). The van der Waals surface area contributed by atoms with E-state index in [1.165, 1.54) is 0 Å². The summed E-state index contributed by atoms with van der Waals surface area (Å²) >= 11 is 0. The maximum absolute atomic E-state index is 11.3. The molecule has 2 aromatic rings. The van der Waals surface area contributed by atoms with Crippen molar-refractivity contribution in [3.05, 3.63) is 39.9 Å². The third-order valence-corrected chi connectivity index (χ3v) is 2.58. The van der Waals surface area contributed by atoms with Crippen LogP contribution in [-0.4, -0.2) is 29.0 Å². The van der Waals surface area contributed by atoms with Gasteiger partial charge in [-0.05, 0) is 32.1 Å². The normalized spacial score (nSPS) is 11.2. The van der Waals surface area contributed by atoms with Crippen LogP contribution in [-0.2, 0) is 6.54 Å². The van der Waals surface area contributed by atoms with Crippen molar-refractivity contribution < 1.29 is 0 Å². The quantitative estimate of drug-likeness (QED) is 0.824. The first kappa shape index (κ1) is 10.8. The molecule has 0 aliphatic carbocycles. The fourth-order valence-electron chi connectivity index (χ4n) is 1.82. The Morgan fingerprint density at radius 2 is 2.12 bits per heavy atom. The van der Waals surface area contributed by atoms with Crippen molar-refractivity contribution >= 4 is 10.9 Å². The largest absolute Gasteiger partial charge is 0.345 e. The lowest BCUT2D eigenvalue weighted by molar-refractivity contribution is 0.404. The molecule has 4 heteroatoms. The predicted molar refractivity (Wildman–Crippen MR) is 64.5 cm³/mol. The monoisotopic (exact) mass is 217 g/mol. The Bertz CT molecular complexity index is 572. The number of hydrogen-bond acceptors (Lipinski definition) is 3. The van der Waals surface area contributed by atoms with E-state index in [1.807, 2.05) is 27.1 Å². The van der Waals surface area contributed by atoms with Gasteiger partial charge in [0.2, 0.25) is 0 Å². The number of H-pyrrole nitrogens is 1. The van der Waals surface area contributed by atoms with Gasteiger partial charge in [-0.25, -0.2) is 9.78 Å². The van der Waals surface area contributed by atoms with Gasteiger partial charge in [-0.15, -0.1) is 0 Å². The summed E-state index contributed by atoms with van der Waals surface area (Å²) in [4.78, 5) is 19.9. The Morgan fingerprint density at radius 3 is 2.81 bits per heavy atom. The van der Waals surface area contributed by atoms with E-state index in [0.717, 1.165) is 28.6 Å². The highest BCUT2D eigenvalue weighted by molar-refractivity contribution is 5.83. The topological polar surface area (TPSA) is 49.0 Å². The average molecular weight is 217 g/mol. The summed E-state index contributed by atoms with van der Waals surface area (Å²) in [6.07, 6.45) is 1.64. The Balaban J connectivity index is 2.70. The summed E-state index contributed by atoms with van der Waals surface area (Å²) < 4.78 is 0. The molecule has 0 atom stereocenters. The van der Waals surface area contributed by atoms with Crippen molar-refractivity contribution in [2.24, 2.45) is 0 Å². The van der Waals surface area contributed by atoms with Crippen molar-refractivity contribution in [3.8, 4) is 0 Å². The molecular formula is C12H15N3O. The number of hydrogen-bond donors (Lipinski definition) is 1. The fraction of sp³-hybridized carbons (Fsp3) is 0.333. The molecule has 0 spiro atoms. The van der Waals surface area contributed by atoms with Gasteiger partial charge in [-0.1, -0.05) is 12.1 Å². The second-order valence-corrected chi connectivity index (χ2v) is 4.26. The van der Waals surface area contributed by atoms with Crippen LogP contribution in [0.2, 0.25) is 0 Å². The van der Waals surface area contributed by atoms with Gasteiger partial charge in [0.05, 0.1) is 5.52 Å². The van der Waals surface area contributed by atoms with E-state index in [-0.39, 0.29) is 5.69 Å². The molecule has 0 fully saturated rings. The van der Waals surface area contributed by atoms with Crippen LogP contribution in [0.1, 0.15) is 11.1 Å². The van der Waals surface area contributed by atoms with Crippen LogP contribution in [0.3, 0.4) is 0 Å². The third-order valence-electron chi connectivity index (χ3n) is 2.58. The molecule has 0 aliphatic rings. The summed E-state index contributed by atoms with van der Waals surface area (Å²) in [5.41, 5.74) is 2.85. The lowest BCUT2D eigenvalue weighted by atomic mass is 10.1. The van der Waals surface area contributed by atoms with Gasteiger partial charge in [0.15, 0.2) is 0 Å². The summed E-state index contributed by atoms with van der Waals surface area (Å²) in [7, 11) is 4.01. The van der Waals surface area contributed by atoms with Gasteiger partial charge in [-0.2, -0.15) is 0 Å². The van der Waals surface area contributed by atoms with E-state index in [1.54, 1.807) is 6.20 Å². The van der Waals surface area contributed by atoms with Crippen molar-refractivity contribution in [1.29, 1.82) is 0 Å². The summed E-state index contributed by atoms with van der Waals surface area (Å²) in [5, 5.41) is 1.01. The molecule has 1 N–H and O–H groups in total. The average Bonchev–Trinajstić information content (AvgIpc) is 2.22. The van der Waals surface area contributed by atoms with Crippen LogP contribution in [0.5, 0.6) is 0 Å². The zero-order chi connectivity index (χ0) is 11.7. The Hall–Kier alpha value is -1.68. The molecule has 84 valence electrons.